The lowest BCUT2D eigenvalue weighted by atomic mass is 9.79. The zero-order valence-electron chi connectivity index (χ0n) is 16.6. The van der Waals surface area contributed by atoms with Crippen LogP contribution in [0, 0.1) is 11.8 Å². The largest absolute Gasteiger partial charge is 0.294 e. The van der Waals surface area contributed by atoms with Gasteiger partial charge in [0.2, 0.25) is 0 Å². The molecule has 0 bridgehead atoms. The summed E-state index contributed by atoms with van der Waals surface area (Å²) in [6.07, 6.45) is 2.13. The number of allylic oxidation sites excluding steroid dienone is 1. The predicted octanol–water partition coefficient (Wildman–Crippen LogP) is 5.32. The summed E-state index contributed by atoms with van der Waals surface area (Å²) in [5.41, 5.74) is 1.48. The van der Waals surface area contributed by atoms with Crippen LogP contribution >= 0.6 is 0 Å². The van der Waals surface area contributed by atoms with Crippen molar-refractivity contribution in [3.8, 4) is 0 Å². The second-order valence-electron chi connectivity index (χ2n) is 7.72. The molecule has 0 heterocycles. The highest BCUT2D eigenvalue weighted by Gasteiger charge is 2.51. The van der Waals surface area contributed by atoms with Crippen molar-refractivity contribution in [1.29, 1.82) is 0 Å². The number of Topliss-reactive ketones (excluding diaryl/α,β-unsaturated/α-hetero) is 1. The smallest absolute Gasteiger partial charge is 0.181 e. The monoisotopic (exact) mass is 416 g/mol. The quantitative estimate of drug-likeness (QED) is 0.404. The normalized spacial score (nSPS) is 23.7. The Bertz CT molecular complexity index is 1120. The van der Waals surface area contributed by atoms with E-state index in [-0.39, 0.29) is 11.7 Å². The Balaban J connectivity index is 1.85. The highest BCUT2D eigenvalue weighted by Crippen LogP contribution is 2.50. The van der Waals surface area contributed by atoms with Gasteiger partial charge in [-0.25, -0.2) is 8.42 Å². The van der Waals surface area contributed by atoms with Crippen molar-refractivity contribution in [3.05, 3.63) is 115 Å². The zero-order valence-corrected chi connectivity index (χ0v) is 17.4. The van der Waals surface area contributed by atoms with Crippen molar-refractivity contribution < 1.29 is 13.2 Å². The van der Waals surface area contributed by atoms with Gasteiger partial charge >= 0.3 is 0 Å². The second-order valence-corrected chi connectivity index (χ2v) is 9.89. The number of benzene rings is 3. The van der Waals surface area contributed by atoms with Gasteiger partial charge in [-0.2, -0.15) is 0 Å². The van der Waals surface area contributed by atoms with Crippen LogP contribution in [0.3, 0.4) is 0 Å². The van der Waals surface area contributed by atoms with Gasteiger partial charge in [-0.1, -0.05) is 84.9 Å². The highest BCUT2D eigenvalue weighted by molar-refractivity contribution is 7.92. The van der Waals surface area contributed by atoms with E-state index in [1.54, 1.807) is 48.5 Å². The minimum Gasteiger partial charge on any atom is -0.294 e. The second kappa shape index (κ2) is 8.41. The summed E-state index contributed by atoms with van der Waals surface area (Å²) in [5.74, 6) is -1.16. The molecule has 0 spiro atoms. The molecule has 0 radical (unpaired) electrons. The van der Waals surface area contributed by atoms with Gasteiger partial charge in [0.25, 0.3) is 0 Å². The van der Waals surface area contributed by atoms with Gasteiger partial charge < -0.3 is 0 Å². The molecule has 1 saturated carbocycles. The van der Waals surface area contributed by atoms with E-state index < -0.39 is 26.9 Å². The SMILES string of the molecule is C=C[C@H]1C[C@H](S(=O)(=O)c2ccccc2)[C@@H](c2ccccc2)[C@@H]1C(=O)c1ccccc1. The lowest BCUT2D eigenvalue weighted by Gasteiger charge is -2.26. The molecule has 0 aliphatic heterocycles. The third-order valence-corrected chi connectivity index (χ3v) is 8.28. The predicted molar refractivity (Wildman–Crippen MR) is 119 cm³/mol. The summed E-state index contributed by atoms with van der Waals surface area (Å²) in [5, 5.41) is -0.692. The molecule has 1 aliphatic carbocycles. The van der Waals surface area contributed by atoms with Gasteiger partial charge in [0.15, 0.2) is 15.6 Å². The van der Waals surface area contributed by atoms with Crippen LogP contribution in [0.25, 0.3) is 0 Å². The van der Waals surface area contributed by atoms with Gasteiger partial charge in [-0.05, 0) is 30.0 Å². The Kier molecular flexibility index (Phi) is 5.69. The highest BCUT2D eigenvalue weighted by atomic mass is 32.2. The summed E-state index contributed by atoms with van der Waals surface area (Å²) in [4.78, 5) is 13.9. The van der Waals surface area contributed by atoms with E-state index in [0.29, 0.717) is 16.9 Å². The van der Waals surface area contributed by atoms with Crippen molar-refractivity contribution in [3.63, 3.8) is 0 Å². The zero-order chi connectivity index (χ0) is 21.1. The summed E-state index contributed by atoms with van der Waals surface area (Å²) in [6, 6.07) is 27.2. The van der Waals surface area contributed by atoms with Crippen LogP contribution in [0.5, 0.6) is 0 Å². The molecule has 4 atom stereocenters. The van der Waals surface area contributed by atoms with Crippen LogP contribution in [0.2, 0.25) is 0 Å². The van der Waals surface area contributed by atoms with Crippen LogP contribution in [0.15, 0.2) is 109 Å². The van der Waals surface area contributed by atoms with Crippen molar-refractivity contribution in [1.82, 2.24) is 0 Å². The number of sulfone groups is 1. The molecular formula is C26H24O3S. The minimum absolute atomic E-state index is 0.0277. The fraction of sp³-hybridized carbons (Fsp3) is 0.192. The summed E-state index contributed by atoms with van der Waals surface area (Å²) < 4.78 is 27.3. The molecule has 0 N–H and O–H groups in total. The first-order valence-electron chi connectivity index (χ1n) is 10.1. The molecular weight excluding hydrogens is 392 g/mol. The molecule has 152 valence electrons. The van der Waals surface area contributed by atoms with Crippen molar-refractivity contribution in [2.75, 3.05) is 0 Å². The van der Waals surface area contributed by atoms with Crippen LogP contribution in [-0.2, 0) is 9.84 Å². The van der Waals surface area contributed by atoms with E-state index in [4.69, 9.17) is 0 Å². The van der Waals surface area contributed by atoms with E-state index in [2.05, 4.69) is 6.58 Å². The van der Waals surface area contributed by atoms with E-state index >= 15 is 0 Å². The lowest BCUT2D eigenvalue weighted by molar-refractivity contribution is 0.0893. The van der Waals surface area contributed by atoms with Crippen LogP contribution in [-0.4, -0.2) is 19.5 Å². The van der Waals surface area contributed by atoms with E-state index in [1.807, 2.05) is 48.5 Å². The van der Waals surface area contributed by atoms with Crippen LogP contribution in [0.1, 0.15) is 28.3 Å². The number of hydrogen-bond donors (Lipinski definition) is 0. The maximum atomic E-state index is 13.6. The molecule has 0 aromatic heterocycles. The van der Waals surface area contributed by atoms with E-state index in [0.717, 1.165) is 5.56 Å². The summed E-state index contributed by atoms with van der Waals surface area (Å²) in [6.45, 7) is 3.94. The number of carbonyl (C=O) groups is 1. The molecule has 1 fully saturated rings. The van der Waals surface area contributed by atoms with Gasteiger partial charge in [-0.3, -0.25) is 4.79 Å². The molecule has 1 aliphatic rings. The summed E-state index contributed by atoms with van der Waals surface area (Å²) in [7, 11) is -3.63. The molecule has 4 rings (SSSR count). The topological polar surface area (TPSA) is 51.2 Å². The Morgan fingerprint density at radius 1 is 0.833 bits per heavy atom. The van der Waals surface area contributed by atoms with E-state index in [9.17, 15) is 13.2 Å². The first-order chi connectivity index (χ1) is 14.5. The molecule has 3 aromatic rings. The molecule has 30 heavy (non-hydrogen) atoms. The minimum atomic E-state index is -3.63. The molecule has 3 nitrogen and oxygen atoms in total. The average molecular weight is 417 g/mol. The van der Waals surface area contributed by atoms with Crippen molar-refractivity contribution in [2.45, 2.75) is 22.5 Å². The fourth-order valence-electron chi connectivity index (χ4n) is 4.66. The lowest BCUT2D eigenvalue weighted by Crippen LogP contribution is -2.30. The first-order valence-corrected chi connectivity index (χ1v) is 11.6. The Labute approximate surface area is 178 Å². The standard InChI is InChI=1S/C26H24O3S/c1-2-19-18-23(30(28,29)22-16-10-5-11-17-22)24(20-12-6-3-7-13-20)25(19)26(27)21-14-8-4-9-15-21/h2-17,19,23-25H,1,18H2/t19-,23-,24+,25+/m0/s1. The van der Waals surface area contributed by atoms with Gasteiger partial charge in [0.1, 0.15) is 0 Å². The van der Waals surface area contributed by atoms with Crippen molar-refractivity contribution in [2.24, 2.45) is 11.8 Å². The Morgan fingerprint density at radius 2 is 1.37 bits per heavy atom. The molecule has 0 saturated heterocycles. The maximum Gasteiger partial charge on any atom is 0.181 e. The maximum absolute atomic E-state index is 13.6. The van der Waals surface area contributed by atoms with Gasteiger partial charge in [0, 0.05) is 17.4 Å². The van der Waals surface area contributed by atoms with E-state index in [1.165, 1.54) is 0 Å². The first kappa shape index (κ1) is 20.3. The number of rotatable bonds is 6. The molecule has 4 heteroatoms. The number of hydrogen-bond acceptors (Lipinski definition) is 3. The Morgan fingerprint density at radius 3 is 1.93 bits per heavy atom. The molecule has 0 unspecified atom stereocenters. The van der Waals surface area contributed by atoms with Gasteiger partial charge in [0.05, 0.1) is 10.1 Å². The molecule has 0 amide bonds. The number of ketones is 1. The molecule has 3 aromatic carbocycles. The number of carbonyl (C=O) groups excluding carboxylic acids is 1. The van der Waals surface area contributed by atoms with Gasteiger partial charge in [-0.15, -0.1) is 6.58 Å². The third kappa shape index (κ3) is 3.63. The summed E-state index contributed by atoms with van der Waals surface area (Å²) >= 11 is 0. The fourth-order valence-corrected chi connectivity index (χ4v) is 6.73. The van der Waals surface area contributed by atoms with Crippen LogP contribution < -0.4 is 0 Å². The Hall–Kier alpha value is -2.98. The van der Waals surface area contributed by atoms with Crippen LogP contribution in [0.4, 0.5) is 0 Å². The average Bonchev–Trinajstić information content (AvgIpc) is 3.21. The third-order valence-electron chi connectivity index (χ3n) is 6.07. The van der Waals surface area contributed by atoms with Crippen molar-refractivity contribution >= 4 is 15.6 Å².